The van der Waals surface area contributed by atoms with Gasteiger partial charge < -0.3 is 17.3 Å². The summed E-state index contributed by atoms with van der Waals surface area (Å²) in [5, 5.41) is 0. The van der Waals surface area contributed by atoms with Crippen molar-refractivity contribution < 1.29 is 17.0 Å². The van der Waals surface area contributed by atoms with Crippen LogP contribution in [0.1, 0.15) is 5.56 Å². The molecule has 0 bridgehead atoms. The molecule has 2 aromatic rings. The van der Waals surface area contributed by atoms with Gasteiger partial charge >= 0.3 is 0 Å². The lowest BCUT2D eigenvalue weighted by molar-refractivity contribution is -0.458. The van der Waals surface area contributed by atoms with Crippen molar-refractivity contribution in [3.05, 3.63) is 54.1 Å². The minimum atomic E-state index is 0. The van der Waals surface area contributed by atoms with Crippen LogP contribution in [0.15, 0.2) is 48.5 Å². The van der Waals surface area contributed by atoms with Gasteiger partial charge in [0.05, 0.1) is 0 Å². The summed E-state index contributed by atoms with van der Waals surface area (Å²) < 4.78 is 2.06. The zero-order valence-corrected chi connectivity index (χ0v) is 13.2. The molecule has 0 atom stereocenters. The normalized spacial score (nSPS) is 9.60. The van der Waals surface area contributed by atoms with E-state index in [4.69, 9.17) is 0 Å². The van der Waals surface area contributed by atoms with Crippen molar-refractivity contribution in [1.29, 1.82) is 0 Å². The highest BCUT2D eigenvalue weighted by molar-refractivity contribution is 5.77. The first kappa shape index (κ1) is 16.3. The molecule has 0 amide bonds. The largest absolute Gasteiger partial charge is 1.00 e. The van der Waals surface area contributed by atoms with E-state index in [0.29, 0.717) is 0 Å². The highest BCUT2D eigenvalue weighted by Crippen LogP contribution is 2.22. The summed E-state index contributed by atoms with van der Waals surface area (Å²) in [7, 11) is 8.18. The zero-order chi connectivity index (χ0) is 13.8. The Balaban J connectivity index is 0.00000200. The molecule has 0 N–H and O–H groups in total. The molecule has 0 spiro atoms. The molecule has 0 aliphatic carbocycles. The number of rotatable bonds is 3. The average Bonchev–Trinajstić information content (AvgIpc) is 2.39. The summed E-state index contributed by atoms with van der Waals surface area (Å²) >= 11 is 0. The van der Waals surface area contributed by atoms with E-state index in [0.717, 1.165) is 0 Å². The number of nitrogens with zero attached hydrogens (tertiary/aromatic N) is 2. The fourth-order valence-electron chi connectivity index (χ4n) is 2.01. The Hall–Kier alpha value is -1.80. The van der Waals surface area contributed by atoms with Crippen molar-refractivity contribution in [2.45, 2.75) is 0 Å². The van der Waals surface area contributed by atoms with Gasteiger partial charge in [0.1, 0.15) is 14.1 Å². The molecule has 2 rings (SSSR count). The Morgan fingerprint density at radius 3 is 1.65 bits per heavy atom. The van der Waals surface area contributed by atoms with Crippen LogP contribution in [0.4, 0.5) is 5.69 Å². The Morgan fingerprint density at radius 2 is 1.25 bits per heavy atom. The summed E-state index contributed by atoms with van der Waals surface area (Å²) in [5.74, 6) is 0. The topological polar surface area (TPSA) is 6.25 Å². The third-order valence-electron chi connectivity index (χ3n) is 3.03. The fourth-order valence-corrected chi connectivity index (χ4v) is 2.01. The minimum absolute atomic E-state index is 0. The molecular formula is C17H21ClN2. The van der Waals surface area contributed by atoms with Crippen molar-refractivity contribution in [1.82, 2.24) is 0 Å². The number of benzene rings is 2. The smallest absolute Gasteiger partial charge is 0.170 e. The number of anilines is 1. The summed E-state index contributed by atoms with van der Waals surface area (Å²) in [5.41, 5.74) is 4.95. The van der Waals surface area contributed by atoms with Gasteiger partial charge in [0.15, 0.2) is 6.21 Å². The van der Waals surface area contributed by atoms with Gasteiger partial charge in [0.2, 0.25) is 0 Å². The van der Waals surface area contributed by atoms with Gasteiger partial charge in [-0.05, 0) is 35.4 Å². The van der Waals surface area contributed by atoms with Crippen molar-refractivity contribution in [3.8, 4) is 11.1 Å². The van der Waals surface area contributed by atoms with E-state index in [2.05, 4.69) is 78.3 Å². The van der Waals surface area contributed by atoms with Gasteiger partial charge in [-0.3, -0.25) is 0 Å². The number of hydrogen-bond donors (Lipinski definition) is 0. The Kier molecular flexibility index (Phi) is 5.78. The second-order valence-corrected chi connectivity index (χ2v) is 5.16. The molecule has 0 aliphatic rings. The van der Waals surface area contributed by atoms with Crippen LogP contribution in [0.25, 0.3) is 11.1 Å². The molecule has 0 fully saturated rings. The van der Waals surface area contributed by atoms with Crippen LogP contribution in [-0.4, -0.2) is 39.0 Å². The third-order valence-corrected chi connectivity index (χ3v) is 3.03. The first-order valence-electron chi connectivity index (χ1n) is 6.45. The molecule has 0 heterocycles. The summed E-state index contributed by atoms with van der Waals surface area (Å²) in [4.78, 5) is 2.11. The molecule has 0 aromatic heterocycles. The second kappa shape index (κ2) is 7.11. The highest BCUT2D eigenvalue weighted by atomic mass is 35.5. The molecule has 3 heteroatoms. The van der Waals surface area contributed by atoms with E-state index < -0.39 is 0 Å². The minimum Gasteiger partial charge on any atom is -1.00 e. The lowest BCUT2D eigenvalue weighted by Crippen LogP contribution is -3.00. The highest BCUT2D eigenvalue weighted by Gasteiger charge is 2.00. The van der Waals surface area contributed by atoms with Crippen LogP contribution in [0, 0.1) is 0 Å². The van der Waals surface area contributed by atoms with Crippen molar-refractivity contribution in [2.24, 2.45) is 0 Å². The number of hydrogen-bond acceptors (Lipinski definition) is 1. The standard InChI is InChI=1S/C17H21N2.ClH/c1-18(2)13-14-5-7-15(8-6-14)16-9-11-17(12-10-16)19(3)4;/h5-13H,1-4H3;1H/q+1;/p-1. The van der Waals surface area contributed by atoms with Crippen molar-refractivity contribution >= 4 is 11.9 Å². The average molecular weight is 289 g/mol. The first-order valence-corrected chi connectivity index (χ1v) is 6.45. The monoisotopic (exact) mass is 288 g/mol. The van der Waals surface area contributed by atoms with Crippen LogP contribution < -0.4 is 17.3 Å². The molecule has 0 saturated heterocycles. The summed E-state index contributed by atoms with van der Waals surface area (Å²) in [6.45, 7) is 0. The summed E-state index contributed by atoms with van der Waals surface area (Å²) in [6, 6.07) is 17.3. The molecule has 0 radical (unpaired) electrons. The molecule has 2 nitrogen and oxygen atoms in total. The fraction of sp³-hybridized carbons (Fsp3) is 0.235. The van der Waals surface area contributed by atoms with Crippen LogP contribution in [0.5, 0.6) is 0 Å². The molecule has 0 aliphatic heterocycles. The molecule has 0 saturated carbocycles. The van der Waals surface area contributed by atoms with E-state index in [1.807, 2.05) is 14.1 Å². The molecule has 2 aromatic carbocycles. The summed E-state index contributed by atoms with van der Waals surface area (Å²) in [6.07, 6.45) is 2.11. The van der Waals surface area contributed by atoms with Gasteiger partial charge in [-0.2, -0.15) is 0 Å². The predicted molar refractivity (Wildman–Crippen MR) is 83.5 cm³/mol. The van der Waals surface area contributed by atoms with E-state index in [1.54, 1.807) is 0 Å². The maximum atomic E-state index is 2.17. The Morgan fingerprint density at radius 1 is 0.800 bits per heavy atom. The number of halogens is 1. The van der Waals surface area contributed by atoms with E-state index in [9.17, 15) is 0 Å². The van der Waals surface area contributed by atoms with Gasteiger partial charge in [0.25, 0.3) is 0 Å². The first-order chi connectivity index (χ1) is 9.06. The van der Waals surface area contributed by atoms with Crippen molar-refractivity contribution in [3.63, 3.8) is 0 Å². The molecule has 0 unspecified atom stereocenters. The lowest BCUT2D eigenvalue weighted by atomic mass is 10.0. The van der Waals surface area contributed by atoms with Crippen LogP contribution in [0.2, 0.25) is 0 Å². The zero-order valence-electron chi connectivity index (χ0n) is 12.5. The Labute approximate surface area is 127 Å². The van der Waals surface area contributed by atoms with E-state index >= 15 is 0 Å². The predicted octanol–water partition coefficient (Wildman–Crippen LogP) is 0.115. The Bertz CT molecular complexity index is 565. The van der Waals surface area contributed by atoms with Crippen LogP contribution >= 0.6 is 0 Å². The maximum absolute atomic E-state index is 2.17. The van der Waals surface area contributed by atoms with Gasteiger partial charge in [-0.1, -0.05) is 24.3 Å². The third kappa shape index (κ3) is 4.10. The van der Waals surface area contributed by atoms with Gasteiger partial charge in [-0.25, -0.2) is 4.58 Å². The van der Waals surface area contributed by atoms with E-state index in [1.165, 1.54) is 22.4 Å². The second-order valence-electron chi connectivity index (χ2n) is 5.16. The van der Waals surface area contributed by atoms with Gasteiger partial charge in [-0.15, -0.1) is 0 Å². The molecular weight excluding hydrogens is 268 g/mol. The van der Waals surface area contributed by atoms with Crippen LogP contribution in [-0.2, 0) is 0 Å². The SMILES string of the molecule is CN(C)c1ccc(-c2ccc(C=[N+](C)C)cc2)cc1.[Cl-]. The molecule has 106 valence electrons. The molecule has 20 heavy (non-hydrogen) atoms. The van der Waals surface area contributed by atoms with E-state index in [-0.39, 0.29) is 12.4 Å². The van der Waals surface area contributed by atoms with Crippen molar-refractivity contribution in [2.75, 3.05) is 33.1 Å². The lowest BCUT2D eigenvalue weighted by Gasteiger charge is -2.12. The quantitative estimate of drug-likeness (QED) is 0.574. The maximum Gasteiger partial charge on any atom is 0.170 e. The van der Waals surface area contributed by atoms with Crippen LogP contribution in [0.3, 0.4) is 0 Å². The van der Waals surface area contributed by atoms with Gasteiger partial charge in [0, 0.05) is 25.3 Å².